The molecule has 26 heavy (non-hydrogen) atoms. The first-order chi connectivity index (χ1) is 11.6. The van der Waals surface area contributed by atoms with Crippen LogP contribution < -0.4 is 0 Å². The summed E-state index contributed by atoms with van der Waals surface area (Å²) in [5.41, 5.74) is -1.51. The van der Waals surface area contributed by atoms with E-state index in [1.165, 1.54) is 0 Å². The summed E-state index contributed by atoms with van der Waals surface area (Å²) in [6, 6.07) is 0. The minimum atomic E-state index is -1.03. The Kier molecular flexibility index (Phi) is 5.23. The first-order valence-electron chi connectivity index (χ1n) is 8.90. The first kappa shape index (κ1) is 21.1. The summed E-state index contributed by atoms with van der Waals surface area (Å²) < 4.78 is 17.8. The van der Waals surface area contributed by atoms with E-state index < -0.39 is 29.5 Å². The standard InChI is InChI=1S/C18H30B2N2O4/c1-15(2,23)16(3,4)24-19-11-9-10-12(14(22)13(11)21)20-25-17(5,6)18(7,8)26-20/h9-10,19,21-23H,1-8H3. The Balaban J connectivity index is 2.18. The van der Waals surface area contributed by atoms with Crippen molar-refractivity contribution >= 4 is 26.0 Å². The summed E-state index contributed by atoms with van der Waals surface area (Å²) >= 11 is 0. The van der Waals surface area contributed by atoms with Crippen LogP contribution in [0.15, 0.2) is 23.1 Å². The SMILES string of the molecule is CC(C)(O)C(C)(C)OBC1=CC=C(B2OC(C)(C)C(C)(C)O2)C(=N)C1=N. The maximum atomic E-state index is 10.2. The van der Waals surface area contributed by atoms with Crippen LogP contribution in [0.4, 0.5) is 0 Å². The van der Waals surface area contributed by atoms with Crippen LogP contribution >= 0.6 is 0 Å². The molecule has 3 N–H and O–H groups in total. The lowest BCUT2D eigenvalue weighted by molar-refractivity contribution is -0.0895. The van der Waals surface area contributed by atoms with Crippen LogP contribution in [0.5, 0.6) is 0 Å². The van der Waals surface area contributed by atoms with Gasteiger partial charge in [0.25, 0.3) is 0 Å². The highest BCUT2D eigenvalue weighted by atomic mass is 16.7. The molecule has 0 saturated carbocycles. The van der Waals surface area contributed by atoms with Gasteiger partial charge in [-0.2, -0.15) is 0 Å². The van der Waals surface area contributed by atoms with Gasteiger partial charge in [-0.15, -0.1) is 0 Å². The molecule has 0 radical (unpaired) electrons. The van der Waals surface area contributed by atoms with Gasteiger partial charge in [0.05, 0.1) is 33.8 Å². The van der Waals surface area contributed by atoms with Crippen molar-refractivity contribution < 1.29 is 19.1 Å². The average molecular weight is 360 g/mol. The normalized spacial score (nSPS) is 23.0. The maximum Gasteiger partial charge on any atom is 0.497 e. The number of hydrogen-bond donors (Lipinski definition) is 3. The molecule has 0 atom stereocenters. The van der Waals surface area contributed by atoms with Gasteiger partial charge in [-0.3, -0.25) is 10.8 Å². The number of nitrogens with one attached hydrogen (secondary N) is 2. The molecule has 0 unspecified atom stereocenters. The van der Waals surface area contributed by atoms with Crippen molar-refractivity contribution in [2.75, 3.05) is 0 Å². The van der Waals surface area contributed by atoms with E-state index in [4.69, 9.17) is 24.8 Å². The minimum Gasteiger partial charge on any atom is -0.427 e. The van der Waals surface area contributed by atoms with Crippen LogP contribution in [-0.2, 0) is 14.0 Å². The molecule has 0 bridgehead atoms. The Morgan fingerprint density at radius 3 is 1.96 bits per heavy atom. The zero-order valence-electron chi connectivity index (χ0n) is 17.1. The van der Waals surface area contributed by atoms with Gasteiger partial charge in [0.2, 0.25) is 0 Å². The molecule has 1 fully saturated rings. The topological polar surface area (TPSA) is 95.6 Å². The summed E-state index contributed by atoms with van der Waals surface area (Å²) in [6.45, 7) is 14.8. The van der Waals surface area contributed by atoms with Crippen LogP contribution in [0.3, 0.4) is 0 Å². The quantitative estimate of drug-likeness (QED) is 0.518. The van der Waals surface area contributed by atoms with E-state index in [-0.39, 0.29) is 18.9 Å². The first-order valence-corrected chi connectivity index (χ1v) is 8.90. The van der Waals surface area contributed by atoms with E-state index in [1.807, 2.05) is 27.7 Å². The second kappa shape index (κ2) is 6.44. The lowest BCUT2D eigenvalue weighted by Crippen LogP contribution is -2.48. The fraction of sp³-hybridized carbons (Fsp3) is 0.667. The predicted molar refractivity (Wildman–Crippen MR) is 106 cm³/mol. The third-order valence-corrected chi connectivity index (χ3v) is 5.89. The van der Waals surface area contributed by atoms with Gasteiger partial charge >= 0.3 is 14.6 Å². The smallest absolute Gasteiger partial charge is 0.427 e. The molecule has 1 heterocycles. The molecule has 2 aliphatic rings. The maximum absolute atomic E-state index is 10.2. The molecule has 0 amide bonds. The lowest BCUT2D eigenvalue weighted by atomic mass is 9.67. The van der Waals surface area contributed by atoms with E-state index in [0.717, 1.165) is 0 Å². The van der Waals surface area contributed by atoms with E-state index >= 15 is 0 Å². The van der Waals surface area contributed by atoms with E-state index in [2.05, 4.69) is 0 Å². The van der Waals surface area contributed by atoms with Crippen molar-refractivity contribution in [1.82, 2.24) is 0 Å². The molecule has 1 aliphatic carbocycles. The fourth-order valence-electron chi connectivity index (χ4n) is 2.38. The van der Waals surface area contributed by atoms with Gasteiger partial charge in [-0.05, 0) is 60.9 Å². The molecular weight excluding hydrogens is 330 g/mol. The number of allylic oxidation sites excluding steroid dienone is 4. The summed E-state index contributed by atoms with van der Waals surface area (Å²) in [5.74, 6) is 0. The van der Waals surface area contributed by atoms with Crippen molar-refractivity contribution in [2.24, 2.45) is 0 Å². The molecule has 142 valence electrons. The van der Waals surface area contributed by atoms with Crippen molar-refractivity contribution in [1.29, 1.82) is 10.8 Å². The molecule has 2 rings (SSSR count). The van der Waals surface area contributed by atoms with Gasteiger partial charge in [-0.1, -0.05) is 12.2 Å². The molecule has 1 saturated heterocycles. The highest BCUT2D eigenvalue weighted by Crippen LogP contribution is 2.39. The summed E-state index contributed by atoms with van der Waals surface area (Å²) in [4.78, 5) is 0. The van der Waals surface area contributed by atoms with Crippen molar-refractivity contribution in [2.45, 2.75) is 77.8 Å². The molecular formula is C18H30B2N2O4. The van der Waals surface area contributed by atoms with Crippen LogP contribution in [0.25, 0.3) is 0 Å². The van der Waals surface area contributed by atoms with Gasteiger partial charge in [0.15, 0.2) is 0 Å². The third-order valence-electron chi connectivity index (χ3n) is 5.89. The van der Waals surface area contributed by atoms with Gasteiger partial charge < -0.3 is 19.1 Å². The molecule has 0 aromatic heterocycles. The Morgan fingerprint density at radius 2 is 1.50 bits per heavy atom. The second-order valence-corrected chi connectivity index (χ2v) is 9.01. The Bertz CT molecular complexity index is 672. The zero-order valence-corrected chi connectivity index (χ0v) is 17.1. The van der Waals surface area contributed by atoms with Crippen molar-refractivity contribution in [3.8, 4) is 0 Å². The summed E-state index contributed by atoms with van der Waals surface area (Å²) in [5, 5.41) is 26.9. The number of aliphatic hydroxyl groups is 1. The molecule has 1 aliphatic heterocycles. The van der Waals surface area contributed by atoms with Gasteiger partial charge in [-0.25, -0.2) is 0 Å². The van der Waals surface area contributed by atoms with E-state index in [9.17, 15) is 5.11 Å². The predicted octanol–water partition coefficient (Wildman–Crippen LogP) is 2.40. The Labute approximate surface area is 157 Å². The second-order valence-electron chi connectivity index (χ2n) is 9.01. The van der Waals surface area contributed by atoms with E-state index in [0.29, 0.717) is 10.9 Å². The summed E-state index contributed by atoms with van der Waals surface area (Å²) in [7, 11) is -0.523. The van der Waals surface area contributed by atoms with Crippen molar-refractivity contribution in [3.63, 3.8) is 0 Å². The molecule has 0 aromatic carbocycles. The Morgan fingerprint density at radius 1 is 1.00 bits per heavy atom. The van der Waals surface area contributed by atoms with Crippen LogP contribution in [-0.4, -0.2) is 53.5 Å². The zero-order chi connectivity index (χ0) is 20.1. The number of rotatable bonds is 5. The highest BCUT2D eigenvalue weighted by Gasteiger charge is 2.53. The molecule has 0 spiro atoms. The highest BCUT2D eigenvalue weighted by molar-refractivity contribution is 6.76. The van der Waals surface area contributed by atoms with Crippen LogP contribution in [0, 0.1) is 10.8 Å². The largest absolute Gasteiger partial charge is 0.497 e. The van der Waals surface area contributed by atoms with Gasteiger partial charge in [0, 0.05) is 5.47 Å². The minimum absolute atomic E-state index is 0.0747. The Hall–Kier alpha value is -1.21. The summed E-state index contributed by atoms with van der Waals surface area (Å²) in [6.07, 6.45) is 3.53. The number of hydrogen-bond acceptors (Lipinski definition) is 6. The monoisotopic (exact) mass is 360 g/mol. The molecule has 8 heteroatoms. The third kappa shape index (κ3) is 3.74. The van der Waals surface area contributed by atoms with Crippen molar-refractivity contribution in [3.05, 3.63) is 23.1 Å². The lowest BCUT2D eigenvalue weighted by Gasteiger charge is -2.38. The van der Waals surface area contributed by atoms with Crippen LogP contribution in [0.1, 0.15) is 55.4 Å². The molecule has 0 aromatic rings. The van der Waals surface area contributed by atoms with Crippen LogP contribution in [0.2, 0.25) is 0 Å². The fourth-order valence-corrected chi connectivity index (χ4v) is 2.38. The molecule has 6 nitrogen and oxygen atoms in total. The van der Waals surface area contributed by atoms with E-state index in [1.54, 1.807) is 39.8 Å². The average Bonchev–Trinajstić information content (AvgIpc) is 2.67. The van der Waals surface area contributed by atoms with Gasteiger partial charge in [0.1, 0.15) is 0 Å².